The van der Waals surface area contributed by atoms with Crippen LogP contribution in [0.3, 0.4) is 0 Å². The van der Waals surface area contributed by atoms with Gasteiger partial charge in [-0.1, -0.05) is 54.6 Å². The van der Waals surface area contributed by atoms with E-state index in [4.69, 9.17) is 9.47 Å². The molecule has 3 rings (SSSR count). The van der Waals surface area contributed by atoms with Crippen molar-refractivity contribution in [1.82, 2.24) is 5.32 Å². The monoisotopic (exact) mass is 421 g/mol. The molecule has 1 N–H and O–H groups in total. The average Bonchev–Trinajstić information content (AvgIpc) is 2.81. The SMILES string of the molecule is COc1ccc([C@@H](NC(=O)COC(=O)c2ccccc2SC)c2ccccc2)cc1. The first kappa shape index (κ1) is 21.5. The lowest BCUT2D eigenvalue weighted by Crippen LogP contribution is -2.33. The van der Waals surface area contributed by atoms with Gasteiger partial charge in [-0.2, -0.15) is 0 Å². The van der Waals surface area contributed by atoms with Crippen molar-refractivity contribution in [3.8, 4) is 5.75 Å². The Morgan fingerprint density at radius 2 is 1.53 bits per heavy atom. The molecule has 0 saturated carbocycles. The zero-order chi connectivity index (χ0) is 21.3. The minimum atomic E-state index is -0.518. The maximum absolute atomic E-state index is 12.6. The summed E-state index contributed by atoms with van der Waals surface area (Å²) in [5.41, 5.74) is 2.28. The van der Waals surface area contributed by atoms with Crippen LogP contribution in [0.2, 0.25) is 0 Å². The van der Waals surface area contributed by atoms with Crippen LogP contribution >= 0.6 is 11.8 Å². The molecule has 0 fully saturated rings. The van der Waals surface area contributed by atoms with Crippen LogP contribution in [0, 0.1) is 0 Å². The van der Waals surface area contributed by atoms with E-state index in [1.807, 2.05) is 73.0 Å². The van der Waals surface area contributed by atoms with Crippen LogP contribution in [-0.2, 0) is 9.53 Å². The molecule has 0 unspecified atom stereocenters. The number of rotatable bonds is 8. The molecule has 0 saturated heterocycles. The molecule has 1 amide bonds. The summed E-state index contributed by atoms with van der Waals surface area (Å²) in [4.78, 5) is 25.8. The van der Waals surface area contributed by atoms with Crippen molar-refractivity contribution < 1.29 is 19.1 Å². The summed E-state index contributed by atoms with van der Waals surface area (Å²) in [5, 5.41) is 2.96. The first-order valence-corrected chi connectivity index (χ1v) is 10.6. The molecule has 3 aromatic rings. The Bertz CT molecular complexity index is 990. The van der Waals surface area contributed by atoms with Crippen LogP contribution in [0.5, 0.6) is 5.75 Å². The lowest BCUT2D eigenvalue weighted by atomic mass is 9.98. The summed E-state index contributed by atoms with van der Waals surface area (Å²) in [6.07, 6.45) is 1.89. The fraction of sp³-hybridized carbons (Fsp3) is 0.167. The van der Waals surface area contributed by atoms with Crippen LogP contribution < -0.4 is 10.1 Å². The Balaban J connectivity index is 1.71. The summed E-state index contributed by atoms with van der Waals surface area (Å²) in [6, 6.07) is 23.9. The first-order valence-electron chi connectivity index (χ1n) is 9.40. The van der Waals surface area contributed by atoms with Gasteiger partial charge in [0.25, 0.3) is 5.91 Å². The fourth-order valence-corrected chi connectivity index (χ4v) is 3.61. The number of carbonyl (C=O) groups is 2. The van der Waals surface area contributed by atoms with E-state index >= 15 is 0 Å². The number of esters is 1. The van der Waals surface area contributed by atoms with E-state index in [1.54, 1.807) is 19.2 Å². The fourth-order valence-electron chi connectivity index (χ4n) is 3.03. The quantitative estimate of drug-likeness (QED) is 0.429. The lowest BCUT2D eigenvalue weighted by Gasteiger charge is -2.20. The highest BCUT2D eigenvalue weighted by Gasteiger charge is 2.19. The van der Waals surface area contributed by atoms with Gasteiger partial charge in [0.15, 0.2) is 6.61 Å². The van der Waals surface area contributed by atoms with Crippen LogP contribution in [0.15, 0.2) is 83.8 Å². The van der Waals surface area contributed by atoms with E-state index in [0.29, 0.717) is 5.56 Å². The Hall–Kier alpha value is -3.25. The van der Waals surface area contributed by atoms with Crippen molar-refractivity contribution >= 4 is 23.6 Å². The molecule has 1 atom stereocenters. The molecule has 0 bridgehead atoms. The first-order chi connectivity index (χ1) is 14.6. The number of hydrogen-bond donors (Lipinski definition) is 1. The molecule has 154 valence electrons. The largest absolute Gasteiger partial charge is 0.497 e. The summed E-state index contributed by atoms with van der Waals surface area (Å²) >= 11 is 1.45. The van der Waals surface area contributed by atoms with Crippen LogP contribution in [0.25, 0.3) is 0 Å². The molecule has 0 aliphatic rings. The molecular formula is C24H23NO4S. The number of amides is 1. The molecule has 0 heterocycles. The predicted octanol–water partition coefficient (Wildman–Crippen LogP) is 4.48. The highest BCUT2D eigenvalue weighted by molar-refractivity contribution is 7.98. The van der Waals surface area contributed by atoms with Crippen LogP contribution in [0.4, 0.5) is 0 Å². The molecular weight excluding hydrogens is 398 g/mol. The minimum absolute atomic E-state index is 0.360. The average molecular weight is 422 g/mol. The van der Waals surface area contributed by atoms with Crippen molar-refractivity contribution in [3.05, 3.63) is 95.6 Å². The number of benzene rings is 3. The molecule has 0 radical (unpaired) electrons. The number of methoxy groups -OCH3 is 1. The zero-order valence-electron chi connectivity index (χ0n) is 16.8. The molecule has 3 aromatic carbocycles. The highest BCUT2D eigenvalue weighted by atomic mass is 32.2. The molecule has 5 nitrogen and oxygen atoms in total. The third-order valence-corrected chi connectivity index (χ3v) is 5.34. The smallest absolute Gasteiger partial charge is 0.339 e. The third kappa shape index (κ3) is 5.42. The van der Waals surface area contributed by atoms with Gasteiger partial charge >= 0.3 is 5.97 Å². The molecule has 6 heteroatoms. The number of ether oxygens (including phenoxy) is 2. The highest BCUT2D eigenvalue weighted by Crippen LogP contribution is 2.24. The Morgan fingerprint density at radius 3 is 2.20 bits per heavy atom. The second kappa shape index (κ2) is 10.5. The Labute approximate surface area is 180 Å². The number of carbonyl (C=O) groups excluding carboxylic acids is 2. The van der Waals surface area contributed by atoms with E-state index in [9.17, 15) is 9.59 Å². The summed E-state index contributed by atoms with van der Waals surface area (Å²) in [5.74, 6) is -0.163. The van der Waals surface area contributed by atoms with Crippen molar-refractivity contribution in [2.24, 2.45) is 0 Å². The predicted molar refractivity (Wildman–Crippen MR) is 118 cm³/mol. The van der Waals surface area contributed by atoms with E-state index in [-0.39, 0.29) is 18.6 Å². The van der Waals surface area contributed by atoms with Crippen molar-refractivity contribution in [1.29, 1.82) is 0 Å². The van der Waals surface area contributed by atoms with Gasteiger partial charge in [0, 0.05) is 4.90 Å². The van der Waals surface area contributed by atoms with Gasteiger partial charge < -0.3 is 14.8 Å². The van der Waals surface area contributed by atoms with E-state index in [1.165, 1.54) is 11.8 Å². The third-order valence-electron chi connectivity index (χ3n) is 4.55. The number of thioether (sulfide) groups is 1. The second-order valence-electron chi connectivity index (χ2n) is 6.46. The van der Waals surface area contributed by atoms with Gasteiger partial charge in [-0.25, -0.2) is 4.79 Å². The van der Waals surface area contributed by atoms with Gasteiger partial charge in [0.1, 0.15) is 5.75 Å². The maximum Gasteiger partial charge on any atom is 0.339 e. The van der Waals surface area contributed by atoms with Crippen LogP contribution in [-0.4, -0.2) is 31.8 Å². The summed E-state index contributed by atoms with van der Waals surface area (Å²) in [6.45, 7) is -0.360. The summed E-state index contributed by atoms with van der Waals surface area (Å²) in [7, 11) is 1.61. The minimum Gasteiger partial charge on any atom is -0.497 e. The van der Waals surface area contributed by atoms with Gasteiger partial charge in [-0.3, -0.25) is 4.79 Å². The lowest BCUT2D eigenvalue weighted by molar-refractivity contribution is -0.124. The van der Waals surface area contributed by atoms with Crippen molar-refractivity contribution in [3.63, 3.8) is 0 Å². The number of hydrogen-bond acceptors (Lipinski definition) is 5. The standard InChI is InChI=1S/C24H23NO4S/c1-28-19-14-12-18(13-15-19)23(17-8-4-3-5-9-17)25-22(26)16-29-24(27)20-10-6-7-11-21(20)30-2/h3-15,23H,16H2,1-2H3,(H,25,26)/t23-/m0/s1. The van der Waals surface area contributed by atoms with Gasteiger partial charge in [-0.15, -0.1) is 11.8 Å². The molecule has 30 heavy (non-hydrogen) atoms. The van der Waals surface area contributed by atoms with Crippen molar-refractivity contribution in [2.45, 2.75) is 10.9 Å². The molecule has 0 aromatic heterocycles. The molecule has 0 spiro atoms. The van der Waals surface area contributed by atoms with E-state index in [0.717, 1.165) is 21.8 Å². The second-order valence-corrected chi connectivity index (χ2v) is 7.31. The topological polar surface area (TPSA) is 64.6 Å². The maximum atomic E-state index is 12.6. The van der Waals surface area contributed by atoms with Crippen molar-refractivity contribution in [2.75, 3.05) is 20.0 Å². The van der Waals surface area contributed by atoms with Crippen LogP contribution in [0.1, 0.15) is 27.5 Å². The van der Waals surface area contributed by atoms with Gasteiger partial charge in [0.05, 0.1) is 18.7 Å². The van der Waals surface area contributed by atoms with E-state index in [2.05, 4.69) is 5.32 Å². The molecule has 0 aliphatic carbocycles. The van der Waals surface area contributed by atoms with E-state index < -0.39 is 5.97 Å². The molecule has 0 aliphatic heterocycles. The normalized spacial score (nSPS) is 11.4. The van der Waals surface area contributed by atoms with Gasteiger partial charge in [0.2, 0.25) is 0 Å². The Morgan fingerprint density at radius 1 is 0.900 bits per heavy atom. The number of nitrogens with one attached hydrogen (secondary N) is 1. The van der Waals surface area contributed by atoms with Gasteiger partial charge in [-0.05, 0) is 41.6 Å². The Kier molecular flexibility index (Phi) is 7.51. The zero-order valence-corrected chi connectivity index (χ0v) is 17.6. The summed E-state index contributed by atoms with van der Waals surface area (Å²) < 4.78 is 10.5.